The molecule has 0 bridgehead atoms. The van der Waals surface area contributed by atoms with E-state index in [0.717, 1.165) is 5.56 Å². The van der Waals surface area contributed by atoms with E-state index >= 15 is 0 Å². The minimum Gasteiger partial charge on any atom is -0.503 e. The molecule has 8 nitrogen and oxygen atoms in total. The first-order chi connectivity index (χ1) is 14.9. The Bertz CT molecular complexity index is 1170. The van der Waals surface area contributed by atoms with Crippen LogP contribution >= 0.6 is 0 Å². The average Bonchev–Trinajstić information content (AvgIpc) is 3.27. The van der Waals surface area contributed by atoms with Gasteiger partial charge in [0, 0.05) is 23.9 Å². The Balaban J connectivity index is 1.27. The van der Waals surface area contributed by atoms with Crippen LogP contribution in [0.25, 0.3) is 5.69 Å². The summed E-state index contributed by atoms with van der Waals surface area (Å²) in [6, 6.07) is 7.26. The molecule has 1 aliphatic heterocycles. The van der Waals surface area contributed by atoms with E-state index in [2.05, 4.69) is 15.4 Å². The van der Waals surface area contributed by atoms with Gasteiger partial charge >= 0.3 is 5.97 Å². The van der Waals surface area contributed by atoms with Crippen molar-refractivity contribution in [2.24, 2.45) is 5.92 Å². The van der Waals surface area contributed by atoms with Crippen LogP contribution in [0, 0.1) is 11.7 Å². The summed E-state index contributed by atoms with van der Waals surface area (Å²) in [6.07, 6.45) is 6.66. The molecular formula is C22H19FN4O4. The number of aromatic nitrogens is 3. The third kappa shape index (κ3) is 3.31. The number of rotatable bonds is 3. The van der Waals surface area contributed by atoms with Gasteiger partial charge in [-0.05, 0) is 56.0 Å². The van der Waals surface area contributed by atoms with Gasteiger partial charge in [-0.2, -0.15) is 0 Å². The monoisotopic (exact) mass is 422 g/mol. The highest BCUT2D eigenvalue weighted by atomic mass is 19.1. The molecule has 1 saturated carbocycles. The molecule has 1 fully saturated rings. The normalized spacial score (nSPS) is 22.2. The molecule has 1 amide bonds. The number of halogens is 1. The van der Waals surface area contributed by atoms with Crippen molar-refractivity contribution in [3.63, 3.8) is 0 Å². The molecule has 0 atom stereocenters. The maximum Gasteiger partial charge on any atom is 0.339 e. The van der Waals surface area contributed by atoms with Gasteiger partial charge in [0.25, 0.3) is 0 Å². The fraction of sp³-hybridized carbons (Fsp3) is 0.273. The first-order valence-electron chi connectivity index (χ1n) is 9.98. The number of nitrogens with zero attached hydrogens (tertiary/aromatic N) is 3. The lowest BCUT2D eigenvalue weighted by Crippen LogP contribution is -2.36. The molecule has 3 heterocycles. The van der Waals surface area contributed by atoms with Crippen molar-refractivity contribution in [2.45, 2.75) is 31.3 Å². The molecule has 1 aliphatic carbocycles. The first kappa shape index (κ1) is 19.2. The minimum absolute atomic E-state index is 0.0384. The summed E-state index contributed by atoms with van der Waals surface area (Å²) in [5, 5.41) is 17.0. The number of amides is 1. The van der Waals surface area contributed by atoms with Gasteiger partial charge in [-0.1, -0.05) is 0 Å². The predicted molar refractivity (Wildman–Crippen MR) is 107 cm³/mol. The summed E-state index contributed by atoms with van der Waals surface area (Å²) in [5.74, 6) is -1.44. The van der Waals surface area contributed by atoms with Crippen LogP contribution in [0.1, 0.15) is 41.6 Å². The predicted octanol–water partition coefficient (Wildman–Crippen LogP) is 3.31. The number of ether oxygens (including phenoxy) is 1. The largest absolute Gasteiger partial charge is 0.503 e. The van der Waals surface area contributed by atoms with Gasteiger partial charge in [-0.3, -0.25) is 9.78 Å². The van der Waals surface area contributed by atoms with Gasteiger partial charge in [0.15, 0.2) is 11.6 Å². The van der Waals surface area contributed by atoms with Gasteiger partial charge in [0.05, 0.1) is 17.4 Å². The first-order valence-corrected chi connectivity index (χ1v) is 9.98. The third-order valence-electron chi connectivity index (χ3n) is 6.01. The molecule has 1 aromatic carbocycles. The fourth-order valence-electron chi connectivity index (χ4n) is 4.34. The molecule has 0 radical (unpaired) electrons. The van der Waals surface area contributed by atoms with E-state index in [-0.39, 0.29) is 35.2 Å². The maximum absolute atomic E-state index is 13.1. The van der Waals surface area contributed by atoms with E-state index in [4.69, 9.17) is 4.74 Å². The fourth-order valence-corrected chi connectivity index (χ4v) is 4.34. The molecule has 2 aliphatic rings. The van der Waals surface area contributed by atoms with Crippen molar-refractivity contribution in [1.82, 2.24) is 14.8 Å². The van der Waals surface area contributed by atoms with Crippen LogP contribution in [-0.4, -0.2) is 31.7 Å². The Morgan fingerprint density at radius 2 is 1.97 bits per heavy atom. The van der Waals surface area contributed by atoms with Crippen LogP contribution in [-0.2, 0) is 15.1 Å². The Kier molecular flexibility index (Phi) is 4.46. The number of pyridine rings is 1. The zero-order valence-electron chi connectivity index (χ0n) is 16.4. The molecule has 158 valence electrons. The van der Waals surface area contributed by atoms with Crippen molar-refractivity contribution < 1.29 is 23.8 Å². The lowest BCUT2D eigenvalue weighted by molar-refractivity contribution is -0.122. The summed E-state index contributed by atoms with van der Waals surface area (Å²) in [6.45, 7) is 0. The second-order valence-electron chi connectivity index (χ2n) is 7.85. The number of hydrogen-bond acceptors (Lipinski definition) is 6. The Morgan fingerprint density at radius 3 is 2.71 bits per heavy atom. The number of carbonyl (C=O) groups is 2. The van der Waals surface area contributed by atoms with Crippen molar-refractivity contribution in [3.05, 3.63) is 65.9 Å². The molecule has 2 N–H and O–H groups in total. The maximum atomic E-state index is 13.1. The van der Waals surface area contributed by atoms with Crippen LogP contribution in [0.3, 0.4) is 0 Å². The molecule has 31 heavy (non-hydrogen) atoms. The number of aromatic hydroxyl groups is 1. The Labute approximate surface area is 176 Å². The van der Waals surface area contributed by atoms with Crippen LogP contribution in [0.2, 0.25) is 0 Å². The van der Waals surface area contributed by atoms with E-state index in [0.29, 0.717) is 36.9 Å². The average molecular weight is 422 g/mol. The number of nitrogens with one attached hydrogen (secondary N) is 1. The zero-order valence-corrected chi connectivity index (χ0v) is 16.4. The topological polar surface area (TPSA) is 106 Å². The van der Waals surface area contributed by atoms with Crippen LogP contribution in [0.15, 0.2) is 48.9 Å². The number of fused-ring (bicyclic) bond motifs is 2. The van der Waals surface area contributed by atoms with E-state index in [1.54, 1.807) is 18.5 Å². The summed E-state index contributed by atoms with van der Waals surface area (Å²) < 4.78 is 20.2. The van der Waals surface area contributed by atoms with Crippen LogP contribution in [0.5, 0.6) is 5.75 Å². The van der Waals surface area contributed by atoms with Crippen LogP contribution in [0.4, 0.5) is 10.2 Å². The number of anilines is 1. The molecular weight excluding hydrogens is 403 g/mol. The van der Waals surface area contributed by atoms with E-state index < -0.39 is 5.60 Å². The lowest BCUT2D eigenvalue weighted by atomic mass is 9.75. The summed E-state index contributed by atoms with van der Waals surface area (Å²) in [7, 11) is 0. The van der Waals surface area contributed by atoms with Gasteiger partial charge in [0.1, 0.15) is 11.4 Å². The van der Waals surface area contributed by atoms with Gasteiger partial charge in [-0.15, -0.1) is 5.10 Å². The van der Waals surface area contributed by atoms with Crippen LogP contribution < -0.4 is 5.32 Å². The van der Waals surface area contributed by atoms with Gasteiger partial charge < -0.3 is 15.2 Å². The van der Waals surface area contributed by atoms with Gasteiger partial charge in [0.2, 0.25) is 5.91 Å². The van der Waals surface area contributed by atoms with Crippen molar-refractivity contribution >= 4 is 17.7 Å². The standard InChI is InChI=1S/C22H19FN4O4/c23-14-1-3-15(4-2-14)27-12-18(28)19(26-27)25-20(29)13-5-8-22(9-6-13)17-11-24-10-7-16(17)21(30)31-22/h1-4,7,10-13,28H,5-6,8-9H2,(H,25,26,29)/t13-,22+. The summed E-state index contributed by atoms with van der Waals surface area (Å²) in [4.78, 5) is 29.1. The molecule has 5 rings (SSSR count). The summed E-state index contributed by atoms with van der Waals surface area (Å²) in [5.41, 5.74) is 1.15. The molecule has 0 saturated heterocycles. The van der Waals surface area contributed by atoms with E-state index in [9.17, 15) is 19.1 Å². The van der Waals surface area contributed by atoms with E-state index in [1.165, 1.54) is 35.1 Å². The third-order valence-corrected chi connectivity index (χ3v) is 6.01. The second-order valence-corrected chi connectivity index (χ2v) is 7.85. The SMILES string of the molecule is O=C1O[C@]2(CC[C@@H](C(=O)Nc3nn(-c4ccc(F)cc4)cc3O)CC2)c2cnccc21. The second kappa shape index (κ2) is 7.19. The van der Waals surface area contributed by atoms with E-state index in [1.807, 2.05) is 0 Å². The Morgan fingerprint density at radius 1 is 1.23 bits per heavy atom. The lowest BCUT2D eigenvalue weighted by Gasteiger charge is -2.35. The molecule has 2 aromatic heterocycles. The quantitative estimate of drug-likeness (QED) is 0.628. The molecule has 1 spiro atoms. The smallest absolute Gasteiger partial charge is 0.339 e. The number of benzene rings is 1. The zero-order chi connectivity index (χ0) is 21.6. The highest BCUT2D eigenvalue weighted by Gasteiger charge is 2.48. The highest BCUT2D eigenvalue weighted by Crippen LogP contribution is 2.48. The van der Waals surface area contributed by atoms with Crippen molar-refractivity contribution in [1.29, 1.82) is 0 Å². The highest BCUT2D eigenvalue weighted by molar-refractivity contribution is 5.95. The van der Waals surface area contributed by atoms with Gasteiger partial charge in [-0.25, -0.2) is 13.9 Å². The number of esters is 1. The van der Waals surface area contributed by atoms with Crippen molar-refractivity contribution in [3.8, 4) is 11.4 Å². The molecule has 0 unspecified atom stereocenters. The number of hydrogen-bond donors (Lipinski definition) is 2. The number of carbonyl (C=O) groups excluding carboxylic acids is 2. The molecule has 3 aromatic rings. The van der Waals surface area contributed by atoms with Crippen molar-refractivity contribution in [2.75, 3.05) is 5.32 Å². The molecule has 9 heteroatoms. The minimum atomic E-state index is -0.718. The summed E-state index contributed by atoms with van der Waals surface area (Å²) >= 11 is 0. The Hall–Kier alpha value is -3.75.